The predicted molar refractivity (Wildman–Crippen MR) is 99.8 cm³/mol. The molecule has 2 aromatic rings. The van der Waals surface area contributed by atoms with E-state index in [0.29, 0.717) is 0 Å². The zero-order chi connectivity index (χ0) is 18.9. The molecule has 0 saturated carbocycles. The van der Waals surface area contributed by atoms with Crippen LogP contribution in [-0.4, -0.2) is 62.0 Å². The van der Waals surface area contributed by atoms with E-state index in [1.807, 2.05) is 6.07 Å². The molecule has 0 spiro atoms. The highest BCUT2D eigenvalue weighted by atomic mass is 16.3. The van der Waals surface area contributed by atoms with Gasteiger partial charge >= 0.3 is 0 Å². The van der Waals surface area contributed by atoms with E-state index in [9.17, 15) is 10.2 Å². The van der Waals surface area contributed by atoms with Crippen molar-refractivity contribution in [3.8, 4) is 0 Å². The van der Waals surface area contributed by atoms with Crippen LogP contribution in [0.3, 0.4) is 0 Å². The summed E-state index contributed by atoms with van der Waals surface area (Å²) < 4.78 is 2.33. The molecule has 0 radical (unpaired) electrons. The number of carbonyl (C=O) groups is 1. The number of aromatic nitrogens is 2. The van der Waals surface area contributed by atoms with Crippen molar-refractivity contribution in [3.63, 3.8) is 0 Å². The highest BCUT2D eigenvalue weighted by Crippen LogP contribution is 2.22. The molecule has 1 saturated heterocycles. The number of hydrogen-bond acceptors (Lipinski definition) is 5. The summed E-state index contributed by atoms with van der Waals surface area (Å²) in [6, 6.07) is 8.30. The van der Waals surface area contributed by atoms with Crippen LogP contribution in [0.15, 0.2) is 24.3 Å². The van der Waals surface area contributed by atoms with Crippen molar-refractivity contribution in [2.24, 2.45) is 5.92 Å². The zero-order valence-electron chi connectivity index (χ0n) is 15.3. The van der Waals surface area contributed by atoms with Gasteiger partial charge < -0.3 is 19.9 Å². The minimum absolute atomic E-state index is 0.0442. The third kappa shape index (κ3) is 5.03. The van der Waals surface area contributed by atoms with Gasteiger partial charge in [0.2, 0.25) is 0 Å². The summed E-state index contributed by atoms with van der Waals surface area (Å²) in [7, 11) is 0. The molecule has 2 heterocycles. The Morgan fingerprint density at radius 3 is 2.77 bits per heavy atom. The van der Waals surface area contributed by atoms with Crippen LogP contribution >= 0.6 is 0 Å². The van der Waals surface area contributed by atoms with E-state index in [1.165, 1.54) is 5.52 Å². The number of para-hydroxylation sites is 2. The van der Waals surface area contributed by atoms with Crippen LogP contribution in [0.1, 0.15) is 32.0 Å². The fourth-order valence-electron chi connectivity index (χ4n) is 3.43. The molecule has 3 N–H and O–H groups in total. The lowest BCUT2D eigenvalue weighted by Gasteiger charge is -2.35. The maximum absolute atomic E-state index is 9.93. The monoisotopic (exact) mass is 363 g/mol. The van der Waals surface area contributed by atoms with Gasteiger partial charge in [-0.05, 0) is 25.0 Å². The van der Waals surface area contributed by atoms with Crippen LogP contribution in [0.25, 0.3) is 11.0 Å². The lowest BCUT2D eigenvalue weighted by Crippen LogP contribution is -2.44. The molecule has 1 aliphatic rings. The molecule has 7 nitrogen and oxygen atoms in total. The van der Waals surface area contributed by atoms with Crippen LogP contribution in [0, 0.1) is 5.92 Å². The Morgan fingerprint density at radius 1 is 1.35 bits per heavy atom. The first kappa shape index (κ1) is 20.4. The number of piperidine rings is 1. The van der Waals surface area contributed by atoms with Gasteiger partial charge in [0, 0.05) is 32.2 Å². The molecule has 26 heavy (non-hydrogen) atoms. The van der Waals surface area contributed by atoms with Gasteiger partial charge in [0.25, 0.3) is 6.47 Å². The number of carboxylic acid groups (broad SMARTS) is 1. The highest BCUT2D eigenvalue weighted by molar-refractivity contribution is 5.75. The number of fused-ring (bicyclic) bond motifs is 1. The summed E-state index contributed by atoms with van der Waals surface area (Å²) >= 11 is 0. The highest BCUT2D eigenvalue weighted by Gasteiger charge is 2.28. The maximum Gasteiger partial charge on any atom is 0.290 e. The first-order chi connectivity index (χ1) is 12.6. The number of benzene rings is 1. The average molecular weight is 363 g/mol. The number of unbranched alkanes of at least 4 members (excludes halogenated alkanes) is 1. The van der Waals surface area contributed by atoms with Gasteiger partial charge in [0.15, 0.2) is 0 Å². The van der Waals surface area contributed by atoms with E-state index in [0.717, 1.165) is 56.8 Å². The smallest absolute Gasteiger partial charge is 0.290 e. The van der Waals surface area contributed by atoms with E-state index < -0.39 is 0 Å². The summed E-state index contributed by atoms with van der Waals surface area (Å²) in [4.78, 5) is 15.5. The maximum atomic E-state index is 9.93. The second-order valence-electron chi connectivity index (χ2n) is 6.66. The predicted octanol–water partition coefficient (Wildman–Crippen LogP) is 1.71. The molecule has 0 amide bonds. The molecule has 1 fully saturated rings. The van der Waals surface area contributed by atoms with Crippen molar-refractivity contribution in [2.45, 2.75) is 45.4 Å². The standard InChI is InChI=1S/C18H27N3O2.CH2O2/c1-2-3-9-21-16-7-5-4-6-15(16)19-18(21)12-20-10-8-17(23)14(11-20)13-22;2-1-3/h4-7,14,17,22-23H,2-3,8-13H2,1H3;1H,(H,2,3)/t14-,17-;/m0./s1. The minimum atomic E-state index is -0.379. The fourth-order valence-corrected chi connectivity index (χ4v) is 3.43. The summed E-state index contributed by atoms with van der Waals surface area (Å²) in [5, 5.41) is 26.2. The topological polar surface area (TPSA) is 98.8 Å². The Labute approximate surface area is 153 Å². The number of aliphatic hydroxyl groups is 2. The van der Waals surface area contributed by atoms with Gasteiger partial charge in [-0.3, -0.25) is 9.69 Å². The third-order valence-corrected chi connectivity index (χ3v) is 4.85. The van der Waals surface area contributed by atoms with E-state index >= 15 is 0 Å². The molecule has 3 rings (SSSR count). The van der Waals surface area contributed by atoms with Gasteiger partial charge in [0.05, 0.1) is 23.7 Å². The molecular formula is C19H29N3O4. The van der Waals surface area contributed by atoms with Crippen molar-refractivity contribution < 1.29 is 20.1 Å². The van der Waals surface area contributed by atoms with Gasteiger partial charge in [-0.1, -0.05) is 25.5 Å². The van der Waals surface area contributed by atoms with Gasteiger partial charge in [0.1, 0.15) is 5.82 Å². The molecule has 2 atom stereocenters. The van der Waals surface area contributed by atoms with Crippen LogP contribution in [0.2, 0.25) is 0 Å². The Balaban J connectivity index is 0.000000758. The summed E-state index contributed by atoms with van der Waals surface area (Å²) in [5.41, 5.74) is 2.25. The number of hydrogen-bond donors (Lipinski definition) is 3. The number of nitrogens with zero attached hydrogens (tertiary/aromatic N) is 3. The Bertz CT molecular complexity index is 688. The van der Waals surface area contributed by atoms with Crippen molar-refractivity contribution in [1.29, 1.82) is 0 Å². The van der Waals surface area contributed by atoms with E-state index in [2.05, 4.69) is 34.6 Å². The third-order valence-electron chi connectivity index (χ3n) is 4.85. The summed E-state index contributed by atoms with van der Waals surface area (Å²) in [5.74, 6) is 1.05. The Kier molecular flexibility index (Phi) is 8.03. The normalized spacial score (nSPS) is 20.6. The Hall–Kier alpha value is -1.96. The summed E-state index contributed by atoms with van der Waals surface area (Å²) in [6.45, 7) is 5.36. The first-order valence-corrected chi connectivity index (χ1v) is 9.17. The number of aryl methyl sites for hydroxylation is 1. The second-order valence-corrected chi connectivity index (χ2v) is 6.66. The molecule has 0 aliphatic carbocycles. The lowest BCUT2D eigenvalue weighted by atomic mass is 9.95. The molecule has 0 bridgehead atoms. The quantitative estimate of drug-likeness (QED) is 0.676. The number of likely N-dealkylation sites (tertiary alicyclic amines) is 1. The van der Waals surface area contributed by atoms with Gasteiger partial charge in [-0.25, -0.2) is 4.98 Å². The van der Waals surface area contributed by atoms with Crippen LogP contribution < -0.4 is 0 Å². The molecular weight excluding hydrogens is 334 g/mol. The molecule has 144 valence electrons. The van der Waals surface area contributed by atoms with Gasteiger partial charge in [-0.15, -0.1) is 0 Å². The van der Waals surface area contributed by atoms with E-state index in [4.69, 9.17) is 14.9 Å². The van der Waals surface area contributed by atoms with E-state index in [1.54, 1.807) is 0 Å². The second kappa shape index (κ2) is 10.3. The molecule has 7 heteroatoms. The van der Waals surface area contributed by atoms with Crippen molar-refractivity contribution in [1.82, 2.24) is 14.5 Å². The average Bonchev–Trinajstić information content (AvgIpc) is 2.99. The number of aliphatic hydroxyl groups excluding tert-OH is 2. The van der Waals surface area contributed by atoms with Crippen LogP contribution in [0.5, 0.6) is 0 Å². The minimum Gasteiger partial charge on any atom is -0.483 e. The van der Waals surface area contributed by atoms with Crippen molar-refractivity contribution in [3.05, 3.63) is 30.1 Å². The van der Waals surface area contributed by atoms with Crippen molar-refractivity contribution in [2.75, 3.05) is 19.7 Å². The number of imidazole rings is 1. The van der Waals surface area contributed by atoms with Gasteiger partial charge in [-0.2, -0.15) is 0 Å². The molecule has 1 aliphatic heterocycles. The van der Waals surface area contributed by atoms with Crippen molar-refractivity contribution >= 4 is 17.5 Å². The SMILES string of the molecule is CCCCn1c(CN2CC[C@H](O)[C@H](CO)C2)nc2ccccc21.O=CO. The lowest BCUT2D eigenvalue weighted by molar-refractivity contribution is -0.122. The zero-order valence-corrected chi connectivity index (χ0v) is 15.3. The molecule has 1 aromatic carbocycles. The fraction of sp³-hybridized carbons (Fsp3) is 0.579. The largest absolute Gasteiger partial charge is 0.483 e. The van der Waals surface area contributed by atoms with Crippen LogP contribution in [0.4, 0.5) is 0 Å². The first-order valence-electron chi connectivity index (χ1n) is 9.17. The molecule has 0 unspecified atom stereocenters. The number of rotatable bonds is 6. The summed E-state index contributed by atoms with van der Waals surface area (Å²) in [6.07, 6.45) is 2.65. The molecule has 1 aromatic heterocycles. The van der Waals surface area contributed by atoms with Crippen LogP contribution in [-0.2, 0) is 17.9 Å². The Morgan fingerprint density at radius 2 is 2.08 bits per heavy atom. The van der Waals surface area contributed by atoms with E-state index in [-0.39, 0.29) is 25.1 Å².